The van der Waals surface area contributed by atoms with Crippen LogP contribution in [0.15, 0.2) is 22.7 Å². The van der Waals surface area contributed by atoms with Crippen LogP contribution < -0.4 is 5.32 Å². The lowest BCUT2D eigenvalue weighted by Gasteiger charge is -2.35. The molecule has 1 fully saturated rings. The van der Waals surface area contributed by atoms with Gasteiger partial charge in [-0.15, -0.1) is 0 Å². The van der Waals surface area contributed by atoms with Crippen LogP contribution in [0.2, 0.25) is 5.02 Å². The Bertz CT molecular complexity index is 405. The zero-order valence-electron chi connectivity index (χ0n) is 11.5. The lowest BCUT2D eigenvalue weighted by atomic mass is 9.98. The molecule has 0 bridgehead atoms. The van der Waals surface area contributed by atoms with Crippen LogP contribution in [-0.2, 0) is 0 Å². The second kappa shape index (κ2) is 7.63. The van der Waals surface area contributed by atoms with E-state index in [4.69, 9.17) is 11.6 Å². The zero-order valence-corrected chi connectivity index (χ0v) is 13.8. The summed E-state index contributed by atoms with van der Waals surface area (Å²) in [4.78, 5) is 2.57. The van der Waals surface area contributed by atoms with Gasteiger partial charge in [0.25, 0.3) is 0 Å². The molecule has 1 saturated heterocycles. The number of piperazine rings is 1. The van der Waals surface area contributed by atoms with Crippen molar-refractivity contribution in [2.24, 2.45) is 0 Å². The van der Waals surface area contributed by atoms with E-state index in [2.05, 4.69) is 39.1 Å². The van der Waals surface area contributed by atoms with Gasteiger partial charge in [-0.05, 0) is 30.2 Å². The summed E-state index contributed by atoms with van der Waals surface area (Å²) in [6, 6.07) is 6.65. The van der Waals surface area contributed by atoms with Gasteiger partial charge in [-0.3, -0.25) is 4.90 Å². The molecule has 0 spiro atoms. The monoisotopic (exact) mass is 344 g/mol. The average molecular weight is 346 g/mol. The fourth-order valence-electron chi connectivity index (χ4n) is 2.70. The first-order valence-corrected chi connectivity index (χ1v) is 8.29. The van der Waals surface area contributed by atoms with Gasteiger partial charge in [0, 0.05) is 41.7 Å². The van der Waals surface area contributed by atoms with Crippen molar-refractivity contribution in [3.63, 3.8) is 0 Å². The van der Waals surface area contributed by atoms with Crippen molar-refractivity contribution in [2.75, 3.05) is 26.2 Å². The number of rotatable bonds is 5. The van der Waals surface area contributed by atoms with E-state index >= 15 is 0 Å². The Morgan fingerprint density at radius 1 is 1.37 bits per heavy atom. The molecule has 0 amide bonds. The van der Waals surface area contributed by atoms with Gasteiger partial charge in [0.2, 0.25) is 0 Å². The van der Waals surface area contributed by atoms with Crippen LogP contribution in [0.3, 0.4) is 0 Å². The lowest BCUT2D eigenvalue weighted by Crippen LogP contribution is -2.45. The average Bonchev–Trinajstić information content (AvgIpc) is 2.44. The summed E-state index contributed by atoms with van der Waals surface area (Å²) in [5.74, 6) is 0. The molecule has 1 aromatic carbocycles. The van der Waals surface area contributed by atoms with Crippen molar-refractivity contribution < 1.29 is 0 Å². The third-order valence-corrected chi connectivity index (χ3v) is 4.58. The number of nitrogens with zero attached hydrogens (tertiary/aromatic N) is 1. The maximum atomic E-state index is 6.43. The molecule has 2 rings (SSSR count). The first-order chi connectivity index (χ1) is 9.22. The summed E-state index contributed by atoms with van der Waals surface area (Å²) in [6.45, 7) is 6.62. The van der Waals surface area contributed by atoms with Crippen molar-refractivity contribution in [2.45, 2.75) is 32.2 Å². The molecule has 1 N–H and O–H groups in total. The van der Waals surface area contributed by atoms with E-state index in [1.165, 1.54) is 24.8 Å². The number of halogens is 2. The highest BCUT2D eigenvalue weighted by Gasteiger charge is 2.23. The Balaban J connectivity index is 2.22. The first kappa shape index (κ1) is 15.3. The highest BCUT2D eigenvalue weighted by atomic mass is 79.9. The summed E-state index contributed by atoms with van der Waals surface area (Å²) < 4.78 is 1.11. The molecule has 0 aromatic heterocycles. The normalized spacial score (nSPS) is 18.5. The molecule has 1 aliphatic rings. The molecule has 19 heavy (non-hydrogen) atoms. The predicted octanol–water partition coefficient (Wildman–Crippen LogP) is 4.24. The second-order valence-electron chi connectivity index (χ2n) is 5.11. The highest BCUT2D eigenvalue weighted by Crippen LogP contribution is 2.33. The number of benzene rings is 1. The van der Waals surface area contributed by atoms with E-state index < -0.39 is 0 Å². The summed E-state index contributed by atoms with van der Waals surface area (Å²) in [5, 5.41) is 4.31. The largest absolute Gasteiger partial charge is 0.314 e. The maximum Gasteiger partial charge on any atom is 0.0454 e. The number of unbranched alkanes of at least 4 members (excludes halogenated alkanes) is 1. The van der Waals surface area contributed by atoms with Gasteiger partial charge in [-0.2, -0.15) is 0 Å². The summed E-state index contributed by atoms with van der Waals surface area (Å²) in [7, 11) is 0. The second-order valence-corrected chi connectivity index (χ2v) is 6.43. The predicted molar refractivity (Wildman–Crippen MR) is 85.9 cm³/mol. The van der Waals surface area contributed by atoms with Gasteiger partial charge in [-0.1, -0.05) is 47.3 Å². The van der Waals surface area contributed by atoms with E-state index in [1.54, 1.807) is 0 Å². The minimum absolute atomic E-state index is 0.451. The molecule has 1 aromatic rings. The quantitative estimate of drug-likeness (QED) is 0.858. The SMILES string of the molecule is CCCC[C@H](c1cc(Br)ccc1Cl)N1CCNCC1. The standard InChI is InChI=1S/C15H22BrClN2/c1-2-3-4-15(19-9-7-18-8-10-19)13-11-12(16)5-6-14(13)17/h5-6,11,15,18H,2-4,7-10H2,1H3/t15-/m1/s1. The van der Waals surface area contributed by atoms with Crippen molar-refractivity contribution in [3.8, 4) is 0 Å². The van der Waals surface area contributed by atoms with Crippen LogP contribution in [0.1, 0.15) is 37.8 Å². The molecule has 1 atom stereocenters. The Labute approximate surface area is 129 Å². The summed E-state index contributed by atoms with van der Waals surface area (Å²) in [6.07, 6.45) is 3.67. The van der Waals surface area contributed by atoms with Gasteiger partial charge >= 0.3 is 0 Å². The van der Waals surface area contributed by atoms with E-state index in [1.807, 2.05) is 12.1 Å². The lowest BCUT2D eigenvalue weighted by molar-refractivity contribution is 0.163. The third-order valence-electron chi connectivity index (χ3n) is 3.74. The molecule has 4 heteroatoms. The molecule has 1 heterocycles. The van der Waals surface area contributed by atoms with Crippen LogP contribution in [0.25, 0.3) is 0 Å². The molecular weight excluding hydrogens is 324 g/mol. The molecule has 0 saturated carbocycles. The smallest absolute Gasteiger partial charge is 0.0454 e. The fraction of sp³-hybridized carbons (Fsp3) is 0.600. The molecule has 1 aliphatic heterocycles. The van der Waals surface area contributed by atoms with Crippen molar-refractivity contribution in [3.05, 3.63) is 33.3 Å². The molecule has 0 aliphatic carbocycles. The molecule has 2 nitrogen and oxygen atoms in total. The number of hydrogen-bond donors (Lipinski definition) is 1. The van der Waals surface area contributed by atoms with Crippen LogP contribution in [-0.4, -0.2) is 31.1 Å². The van der Waals surface area contributed by atoms with Crippen LogP contribution >= 0.6 is 27.5 Å². The van der Waals surface area contributed by atoms with Crippen molar-refractivity contribution in [1.82, 2.24) is 10.2 Å². The molecule has 106 valence electrons. The van der Waals surface area contributed by atoms with Gasteiger partial charge in [0.1, 0.15) is 0 Å². The topological polar surface area (TPSA) is 15.3 Å². The van der Waals surface area contributed by atoms with Crippen molar-refractivity contribution >= 4 is 27.5 Å². The molecule has 0 unspecified atom stereocenters. The highest BCUT2D eigenvalue weighted by molar-refractivity contribution is 9.10. The Morgan fingerprint density at radius 2 is 2.11 bits per heavy atom. The van der Waals surface area contributed by atoms with Crippen molar-refractivity contribution in [1.29, 1.82) is 0 Å². The van der Waals surface area contributed by atoms with Gasteiger partial charge in [0.05, 0.1) is 0 Å². The van der Waals surface area contributed by atoms with E-state index in [0.717, 1.165) is 35.7 Å². The Morgan fingerprint density at radius 3 is 2.79 bits per heavy atom. The summed E-state index contributed by atoms with van der Waals surface area (Å²) in [5.41, 5.74) is 1.27. The minimum atomic E-state index is 0.451. The number of nitrogens with one attached hydrogen (secondary N) is 1. The van der Waals surface area contributed by atoms with Gasteiger partial charge < -0.3 is 5.32 Å². The van der Waals surface area contributed by atoms with E-state index in [9.17, 15) is 0 Å². The molecule has 0 radical (unpaired) electrons. The first-order valence-electron chi connectivity index (χ1n) is 7.12. The maximum absolute atomic E-state index is 6.43. The summed E-state index contributed by atoms with van der Waals surface area (Å²) >= 11 is 9.99. The minimum Gasteiger partial charge on any atom is -0.314 e. The van der Waals surface area contributed by atoms with E-state index in [-0.39, 0.29) is 0 Å². The Hall–Kier alpha value is -0.0900. The van der Waals surface area contributed by atoms with E-state index in [0.29, 0.717) is 6.04 Å². The molecular formula is C15H22BrClN2. The van der Waals surface area contributed by atoms with Gasteiger partial charge in [-0.25, -0.2) is 0 Å². The third kappa shape index (κ3) is 4.19. The van der Waals surface area contributed by atoms with Gasteiger partial charge in [0.15, 0.2) is 0 Å². The zero-order chi connectivity index (χ0) is 13.7. The number of hydrogen-bond acceptors (Lipinski definition) is 2. The van der Waals surface area contributed by atoms with Crippen LogP contribution in [0.5, 0.6) is 0 Å². The van der Waals surface area contributed by atoms with Crippen LogP contribution in [0.4, 0.5) is 0 Å². The van der Waals surface area contributed by atoms with Crippen LogP contribution in [0, 0.1) is 0 Å². The fourth-order valence-corrected chi connectivity index (χ4v) is 3.32. The Kier molecular flexibility index (Phi) is 6.14.